The number of hydrogen-bond donors (Lipinski definition) is 3. The van der Waals surface area contributed by atoms with Gasteiger partial charge in [-0.25, -0.2) is 4.98 Å². The van der Waals surface area contributed by atoms with E-state index in [0.29, 0.717) is 28.1 Å². The first-order valence-electron chi connectivity index (χ1n) is 11.3. The largest absolute Gasteiger partial charge is 0.508 e. The second kappa shape index (κ2) is 10.7. The lowest BCUT2D eigenvalue weighted by atomic mass is 9.94. The summed E-state index contributed by atoms with van der Waals surface area (Å²) in [7, 11) is 0. The number of benzene rings is 2. The topological polar surface area (TPSA) is 77.5 Å². The molecule has 3 aromatic rings. The Bertz CT molecular complexity index is 1080. The maximum atomic E-state index is 12.8. The van der Waals surface area contributed by atoms with Crippen LogP contribution in [0.4, 0.5) is 11.5 Å². The summed E-state index contributed by atoms with van der Waals surface area (Å²) in [4.78, 5) is 19.4. The van der Waals surface area contributed by atoms with Crippen LogP contribution >= 0.6 is 11.6 Å². The van der Waals surface area contributed by atoms with E-state index >= 15 is 0 Å². The van der Waals surface area contributed by atoms with Crippen molar-refractivity contribution in [2.75, 3.05) is 30.3 Å². The molecule has 1 aliphatic heterocycles. The molecular formula is C26H29ClN4O2. The summed E-state index contributed by atoms with van der Waals surface area (Å²) >= 11 is 5.87. The zero-order valence-corrected chi connectivity index (χ0v) is 19.4. The first kappa shape index (κ1) is 23.1. The van der Waals surface area contributed by atoms with E-state index in [9.17, 15) is 9.90 Å². The number of phenols is 1. The third-order valence-electron chi connectivity index (χ3n) is 6.31. The van der Waals surface area contributed by atoms with Crippen molar-refractivity contribution < 1.29 is 9.90 Å². The normalized spacial score (nSPS) is 15.7. The number of aromatic hydroxyl groups is 1. The van der Waals surface area contributed by atoms with Crippen LogP contribution in [0.5, 0.6) is 5.75 Å². The van der Waals surface area contributed by atoms with Gasteiger partial charge in [-0.05, 0) is 69.1 Å². The minimum Gasteiger partial charge on any atom is -0.508 e. The molecule has 1 aromatic heterocycles. The van der Waals surface area contributed by atoms with Crippen LogP contribution in [0.3, 0.4) is 0 Å². The van der Waals surface area contributed by atoms with Gasteiger partial charge in [-0.15, -0.1) is 0 Å². The number of anilines is 2. The van der Waals surface area contributed by atoms with Gasteiger partial charge in [0.2, 0.25) is 0 Å². The molecule has 0 bridgehead atoms. The quantitative estimate of drug-likeness (QED) is 0.425. The maximum Gasteiger partial charge on any atom is 0.258 e. The Morgan fingerprint density at radius 2 is 1.85 bits per heavy atom. The monoisotopic (exact) mass is 464 g/mol. The minimum absolute atomic E-state index is 0.186. The number of rotatable bonds is 7. The number of hydrogen-bond acceptors (Lipinski definition) is 5. The van der Waals surface area contributed by atoms with Gasteiger partial charge in [0.25, 0.3) is 5.91 Å². The van der Waals surface area contributed by atoms with Crippen LogP contribution in [-0.4, -0.2) is 40.5 Å². The fraction of sp³-hybridized carbons (Fsp3) is 0.308. The number of pyridine rings is 1. The summed E-state index contributed by atoms with van der Waals surface area (Å²) in [5.41, 5.74) is 2.37. The summed E-state index contributed by atoms with van der Waals surface area (Å²) < 4.78 is 0. The zero-order chi connectivity index (χ0) is 23.2. The zero-order valence-electron chi connectivity index (χ0n) is 18.7. The molecule has 0 saturated carbocycles. The van der Waals surface area contributed by atoms with Crippen LogP contribution in [0.25, 0.3) is 0 Å². The SMILES string of the molecule is C[C@H](c1ccccc1O)N1CCC(CNc2ccccc2C(=O)Nc2ccc(Cl)cn2)CC1. The molecular weight excluding hydrogens is 436 g/mol. The Morgan fingerprint density at radius 3 is 2.58 bits per heavy atom. The first-order chi connectivity index (χ1) is 16.0. The van der Waals surface area contributed by atoms with E-state index in [4.69, 9.17) is 11.6 Å². The van der Waals surface area contributed by atoms with Crippen molar-refractivity contribution >= 4 is 29.0 Å². The third-order valence-corrected chi connectivity index (χ3v) is 6.53. The highest BCUT2D eigenvalue weighted by Crippen LogP contribution is 2.31. The molecule has 7 heteroatoms. The molecule has 2 heterocycles. The van der Waals surface area contributed by atoms with Crippen LogP contribution in [0.2, 0.25) is 5.02 Å². The Labute approximate surface area is 199 Å². The number of para-hydroxylation sites is 2. The molecule has 1 amide bonds. The molecule has 0 radical (unpaired) electrons. The molecule has 1 atom stereocenters. The van der Waals surface area contributed by atoms with Gasteiger partial charge < -0.3 is 15.7 Å². The average molecular weight is 465 g/mol. The molecule has 0 spiro atoms. The van der Waals surface area contributed by atoms with Gasteiger partial charge in [0.1, 0.15) is 11.6 Å². The van der Waals surface area contributed by atoms with E-state index in [-0.39, 0.29) is 11.9 Å². The van der Waals surface area contributed by atoms with Gasteiger partial charge >= 0.3 is 0 Å². The lowest BCUT2D eigenvalue weighted by Crippen LogP contribution is -2.37. The highest BCUT2D eigenvalue weighted by molar-refractivity contribution is 6.30. The van der Waals surface area contributed by atoms with Crippen LogP contribution in [0.15, 0.2) is 66.9 Å². The van der Waals surface area contributed by atoms with E-state index in [1.807, 2.05) is 42.5 Å². The molecule has 1 aliphatic rings. The lowest BCUT2D eigenvalue weighted by Gasteiger charge is -2.36. The standard InChI is InChI=1S/C26H29ClN4O2/c1-18(21-6-3-5-9-24(21)32)31-14-12-19(13-15-31)16-28-23-8-4-2-7-22(23)26(33)30-25-11-10-20(27)17-29-25/h2-11,17-19,28,32H,12-16H2,1H3,(H,29,30,33)/t18-/m1/s1. The van der Waals surface area contributed by atoms with Crippen LogP contribution in [-0.2, 0) is 0 Å². The molecule has 0 aliphatic carbocycles. The minimum atomic E-state index is -0.209. The fourth-order valence-electron chi connectivity index (χ4n) is 4.30. The number of carbonyl (C=O) groups is 1. The smallest absolute Gasteiger partial charge is 0.258 e. The van der Waals surface area contributed by atoms with Crippen molar-refractivity contribution in [1.29, 1.82) is 0 Å². The molecule has 1 saturated heterocycles. The van der Waals surface area contributed by atoms with Crippen molar-refractivity contribution in [2.45, 2.75) is 25.8 Å². The Hall–Kier alpha value is -3.09. The number of amides is 1. The molecule has 2 aromatic carbocycles. The number of nitrogens with one attached hydrogen (secondary N) is 2. The fourth-order valence-corrected chi connectivity index (χ4v) is 4.42. The van der Waals surface area contributed by atoms with Gasteiger partial charge in [0, 0.05) is 30.0 Å². The Balaban J connectivity index is 1.32. The van der Waals surface area contributed by atoms with Crippen molar-refractivity contribution in [3.63, 3.8) is 0 Å². The van der Waals surface area contributed by atoms with Crippen molar-refractivity contribution in [3.8, 4) is 5.75 Å². The van der Waals surface area contributed by atoms with Gasteiger partial charge in [-0.3, -0.25) is 9.69 Å². The summed E-state index contributed by atoms with van der Waals surface area (Å²) in [5.74, 6) is 1.13. The number of halogens is 1. The Morgan fingerprint density at radius 1 is 1.12 bits per heavy atom. The van der Waals surface area contributed by atoms with Gasteiger partial charge in [-0.2, -0.15) is 0 Å². The number of nitrogens with zero attached hydrogens (tertiary/aromatic N) is 2. The van der Waals surface area contributed by atoms with E-state index in [1.54, 1.807) is 18.2 Å². The van der Waals surface area contributed by atoms with Crippen molar-refractivity contribution in [3.05, 3.63) is 83.0 Å². The lowest BCUT2D eigenvalue weighted by molar-refractivity contribution is 0.102. The number of phenolic OH excluding ortho intramolecular Hbond substituents is 1. The summed E-state index contributed by atoms with van der Waals surface area (Å²) in [6.07, 6.45) is 3.63. The van der Waals surface area contributed by atoms with E-state index in [0.717, 1.165) is 43.7 Å². The second-order valence-electron chi connectivity index (χ2n) is 8.46. The molecule has 3 N–H and O–H groups in total. The Kier molecular flexibility index (Phi) is 7.47. The molecule has 33 heavy (non-hydrogen) atoms. The number of likely N-dealkylation sites (tertiary alicyclic amines) is 1. The first-order valence-corrected chi connectivity index (χ1v) is 11.7. The van der Waals surface area contributed by atoms with Crippen molar-refractivity contribution in [1.82, 2.24) is 9.88 Å². The summed E-state index contributed by atoms with van der Waals surface area (Å²) in [6, 6.07) is 18.7. The van der Waals surface area contributed by atoms with Crippen LogP contribution in [0, 0.1) is 5.92 Å². The molecule has 0 unspecified atom stereocenters. The molecule has 6 nitrogen and oxygen atoms in total. The predicted molar refractivity (Wildman–Crippen MR) is 133 cm³/mol. The highest BCUT2D eigenvalue weighted by Gasteiger charge is 2.25. The van der Waals surface area contributed by atoms with E-state index in [1.165, 1.54) is 6.20 Å². The predicted octanol–water partition coefficient (Wildman–Crippen LogP) is 5.58. The van der Waals surface area contributed by atoms with Crippen LogP contribution < -0.4 is 10.6 Å². The second-order valence-corrected chi connectivity index (χ2v) is 8.89. The summed E-state index contributed by atoms with van der Waals surface area (Å²) in [5, 5.41) is 17.0. The maximum absolute atomic E-state index is 12.8. The average Bonchev–Trinajstić information content (AvgIpc) is 2.84. The number of piperidine rings is 1. The van der Waals surface area contributed by atoms with Gasteiger partial charge in [0.15, 0.2) is 0 Å². The number of aromatic nitrogens is 1. The van der Waals surface area contributed by atoms with Crippen molar-refractivity contribution in [2.24, 2.45) is 5.92 Å². The third kappa shape index (κ3) is 5.83. The molecule has 4 rings (SSSR count). The summed E-state index contributed by atoms with van der Waals surface area (Å²) in [6.45, 7) is 4.92. The number of carbonyl (C=O) groups excluding carboxylic acids is 1. The van der Waals surface area contributed by atoms with E-state index < -0.39 is 0 Å². The van der Waals surface area contributed by atoms with Crippen LogP contribution in [0.1, 0.15) is 41.7 Å². The molecule has 1 fully saturated rings. The highest BCUT2D eigenvalue weighted by atomic mass is 35.5. The van der Waals surface area contributed by atoms with Gasteiger partial charge in [-0.1, -0.05) is 41.9 Å². The van der Waals surface area contributed by atoms with Gasteiger partial charge in [0.05, 0.1) is 10.6 Å². The van der Waals surface area contributed by atoms with E-state index in [2.05, 4.69) is 27.4 Å². The molecule has 172 valence electrons.